The largest absolute Gasteiger partial charge is 0.311 e. The molecule has 0 amide bonds. The molecule has 0 unspecified atom stereocenters. The molecule has 54 heavy (non-hydrogen) atoms. The van der Waals surface area contributed by atoms with E-state index in [1.54, 1.807) is 0 Å². The first kappa shape index (κ1) is 31.6. The van der Waals surface area contributed by atoms with Gasteiger partial charge in [0.25, 0.3) is 0 Å². The molecule has 0 radical (unpaired) electrons. The third kappa shape index (κ3) is 5.71. The third-order valence-corrected chi connectivity index (χ3v) is 10.6. The highest BCUT2D eigenvalue weighted by molar-refractivity contribution is 6.09. The van der Waals surface area contributed by atoms with Gasteiger partial charge in [0.15, 0.2) is 0 Å². The zero-order valence-corrected chi connectivity index (χ0v) is 29.7. The Labute approximate surface area is 315 Å². The van der Waals surface area contributed by atoms with Crippen molar-refractivity contribution in [1.82, 2.24) is 4.57 Å². The SMILES string of the molecule is c1ccc(-c2ccc(N(c3ccc(-c4ccc(-n5c6ccccc6c6ccccc65)cc4)cc3)c3ccc(-c4ccc5ccccc5c4)cc3)cc2)cc1. The van der Waals surface area contributed by atoms with Gasteiger partial charge in [-0.15, -0.1) is 0 Å². The lowest BCUT2D eigenvalue weighted by Crippen LogP contribution is -2.09. The minimum Gasteiger partial charge on any atom is -0.311 e. The highest BCUT2D eigenvalue weighted by atomic mass is 15.1. The first-order valence-corrected chi connectivity index (χ1v) is 18.5. The van der Waals surface area contributed by atoms with Gasteiger partial charge in [0.2, 0.25) is 0 Å². The van der Waals surface area contributed by atoms with Crippen molar-refractivity contribution in [2.45, 2.75) is 0 Å². The Bertz CT molecular complexity index is 2830. The molecular formula is C52H36N2. The molecule has 0 saturated carbocycles. The van der Waals surface area contributed by atoms with Gasteiger partial charge in [-0.3, -0.25) is 0 Å². The molecule has 0 fully saturated rings. The van der Waals surface area contributed by atoms with Gasteiger partial charge in [0, 0.05) is 33.5 Å². The zero-order valence-electron chi connectivity index (χ0n) is 29.7. The summed E-state index contributed by atoms with van der Waals surface area (Å²) in [6, 6.07) is 78.8. The highest BCUT2D eigenvalue weighted by Crippen LogP contribution is 2.38. The number of para-hydroxylation sites is 2. The summed E-state index contributed by atoms with van der Waals surface area (Å²) in [5.41, 5.74) is 14.1. The van der Waals surface area contributed by atoms with E-state index in [1.165, 1.54) is 66.0 Å². The number of fused-ring (bicyclic) bond motifs is 4. The molecule has 2 nitrogen and oxygen atoms in total. The molecule has 0 saturated heterocycles. The second-order valence-electron chi connectivity index (χ2n) is 13.8. The van der Waals surface area contributed by atoms with E-state index < -0.39 is 0 Å². The molecule has 0 spiro atoms. The molecule has 0 aliphatic carbocycles. The molecule has 0 aliphatic rings. The van der Waals surface area contributed by atoms with Gasteiger partial charge >= 0.3 is 0 Å². The van der Waals surface area contributed by atoms with Gasteiger partial charge < -0.3 is 9.47 Å². The molecule has 0 aliphatic heterocycles. The van der Waals surface area contributed by atoms with Crippen LogP contribution in [0.2, 0.25) is 0 Å². The first-order chi connectivity index (χ1) is 26.8. The lowest BCUT2D eigenvalue weighted by Gasteiger charge is -2.26. The van der Waals surface area contributed by atoms with Crippen molar-refractivity contribution in [2.24, 2.45) is 0 Å². The summed E-state index contributed by atoms with van der Waals surface area (Å²) in [5, 5.41) is 5.05. The van der Waals surface area contributed by atoms with Crippen LogP contribution in [0.1, 0.15) is 0 Å². The molecule has 1 aromatic heterocycles. The number of rotatable bonds is 7. The van der Waals surface area contributed by atoms with Crippen LogP contribution >= 0.6 is 0 Å². The van der Waals surface area contributed by atoms with Crippen LogP contribution in [0.3, 0.4) is 0 Å². The van der Waals surface area contributed by atoms with Crippen LogP contribution in [-0.2, 0) is 0 Å². The summed E-state index contributed by atoms with van der Waals surface area (Å²) in [6.45, 7) is 0. The normalized spacial score (nSPS) is 11.3. The number of benzene rings is 9. The standard InChI is InChI=1S/C52H36N2/c1-2-10-37(11-3-1)39-20-28-45(29-21-39)53(47-32-26-42(27-33-47)44-19-18-38-12-4-5-13-43(38)36-44)46-30-22-40(23-31-46)41-24-34-48(35-25-41)54-51-16-8-6-14-49(51)50-15-7-9-17-52(50)54/h1-36H. The van der Waals surface area contributed by atoms with Crippen LogP contribution in [0.25, 0.3) is 71.6 Å². The predicted octanol–water partition coefficient (Wildman–Crippen LogP) is 14.4. The van der Waals surface area contributed by atoms with E-state index in [9.17, 15) is 0 Å². The minimum atomic E-state index is 1.10. The van der Waals surface area contributed by atoms with E-state index in [2.05, 4.69) is 228 Å². The van der Waals surface area contributed by atoms with Gasteiger partial charge in [-0.05, 0) is 111 Å². The maximum atomic E-state index is 2.36. The van der Waals surface area contributed by atoms with Gasteiger partial charge in [-0.1, -0.05) is 152 Å². The Morgan fingerprint density at radius 1 is 0.278 bits per heavy atom. The molecule has 10 rings (SSSR count). The van der Waals surface area contributed by atoms with Crippen molar-refractivity contribution < 1.29 is 0 Å². The van der Waals surface area contributed by atoms with Crippen molar-refractivity contribution >= 4 is 49.6 Å². The lowest BCUT2D eigenvalue weighted by molar-refractivity contribution is 1.18. The van der Waals surface area contributed by atoms with Crippen LogP contribution in [0.15, 0.2) is 218 Å². The molecule has 1 heterocycles. The summed E-state index contributed by atoms with van der Waals surface area (Å²) < 4.78 is 2.36. The maximum Gasteiger partial charge on any atom is 0.0541 e. The van der Waals surface area contributed by atoms with Gasteiger partial charge in [-0.25, -0.2) is 0 Å². The van der Waals surface area contributed by atoms with E-state index in [0.29, 0.717) is 0 Å². The van der Waals surface area contributed by atoms with Crippen LogP contribution in [-0.4, -0.2) is 4.57 Å². The quantitative estimate of drug-likeness (QED) is 0.162. The Hall–Kier alpha value is -7.16. The van der Waals surface area contributed by atoms with Crippen molar-refractivity contribution in [3.63, 3.8) is 0 Å². The first-order valence-electron chi connectivity index (χ1n) is 18.5. The van der Waals surface area contributed by atoms with Crippen LogP contribution in [0, 0.1) is 0 Å². The third-order valence-electron chi connectivity index (χ3n) is 10.6. The number of aromatic nitrogens is 1. The monoisotopic (exact) mass is 688 g/mol. The Morgan fingerprint density at radius 3 is 1.20 bits per heavy atom. The van der Waals surface area contributed by atoms with Crippen molar-refractivity contribution in [3.8, 4) is 39.1 Å². The lowest BCUT2D eigenvalue weighted by atomic mass is 10.0. The molecule has 2 heteroatoms. The Balaban J connectivity index is 0.988. The second kappa shape index (κ2) is 13.4. The number of anilines is 3. The zero-order chi connectivity index (χ0) is 35.8. The summed E-state index contributed by atoms with van der Waals surface area (Å²) in [5.74, 6) is 0. The second-order valence-corrected chi connectivity index (χ2v) is 13.8. The van der Waals surface area contributed by atoms with Gasteiger partial charge in [0.1, 0.15) is 0 Å². The molecular weight excluding hydrogens is 653 g/mol. The minimum absolute atomic E-state index is 1.10. The highest BCUT2D eigenvalue weighted by Gasteiger charge is 2.15. The fourth-order valence-corrected chi connectivity index (χ4v) is 7.86. The smallest absolute Gasteiger partial charge is 0.0541 e. The molecule has 0 bridgehead atoms. The molecule has 10 aromatic rings. The Morgan fingerprint density at radius 2 is 0.667 bits per heavy atom. The molecule has 0 N–H and O–H groups in total. The van der Waals surface area contributed by atoms with E-state index in [-0.39, 0.29) is 0 Å². The van der Waals surface area contributed by atoms with Gasteiger partial charge in [-0.2, -0.15) is 0 Å². The average Bonchev–Trinajstić information content (AvgIpc) is 3.59. The van der Waals surface area contributed by atoms with Crippen molar-refractivity contribution in [2.75, 3.05) is 4.90 Å². The fourth-order valence-electron chi connectivity index (χ4n) is 7.86. The van der Waals surface area contributed by atoms with E-state index in [1.807, 2.05) is 0 Å². The molecule has 9 aromatic carbocycles. The number of hydrogen-bond acceptors (Lipinski definition) is 1. The van der Waals surface area contributed by atoms with Crippen molar-refractivity contribution in [3.05, 3.63) is 218 Å². The van der Waals surface area contributed by atoms with Gasteiger partial charge in [0.05, 0.1) is 11.0 Å². The topological polar surface area (TPSA) is 8.17 Å². The van der Waals surface area contributed by atoms with Crippen LogP contribution in [0.4, 0.5) is 17.1 Å². The molecule has 254 valence electrons. The summed E-state index contributed by atoms with van der Waals surface area (Å²) >= 11 is 0. The van der Waals surface area contributed by atoms with Crippen molar-refractivity contribution in [1.29, 1.82) is 0 Å². The number of nitrogens with zero attached hydrogens (tertiary/aromatic N) is 2. The average molecular weight is 689 g/mol. The summed E-state index contributed by atoms with van der Waals surface area (Å²) in [4.78, 5) is 2.34. The Kier molecular flexibility index (Phi) is 7.85. The van der Waals surface area contributed by atoms with E-state index in [0.717, 1.165) is 22.7 Å². The molecule has 0 atom stereocenters. The summed E-state index contributed by atoms with van der Waals surface area (Å²) in [6.07, 6.45) is 0. The number of hydrogen-bond donors (Lipinski definition) is 0. The van der Waals surface area contributed by atoms with Crippen LogP contribution in [0.5, 0.6) is 0 Å². The van der Waals surface area contributed by atoms with Crippen LogP contribution < -0.4 is 4.90 Å². The predicted molar refractivity (Wildman–Crippen MR) is 229 cm³/mol. The van der Waals surface area contributed by atoms with E-state index in [4.69, 9.17) is 0 Å². The summed E-state index contributed by atoms with van der Waals surface area (Å²) in [7, 11) is 0. The maximum absolute atomic E-state index is 2.36. The fraction of sp³-hybridized carbons (Fsp3) is 0. The van der Waals surface area contributed by atoms with E-state index >= 15 is 0 Å².